The van der Waals surface area contributed by atoms with E-state index in [0.717, 1.165) is 18.1 Å². The molecule has 0 spiro atoms. The van der Waals surface area contributed by atoms with Gasteiger partial charge in [0.25, 0.3) is 0 Å². The van der Waals surface area contributed by atoms with Crippen LogP contribution in [0.5, 0.6) is 5.75 Å². The Kier molecular flexibility index (Phi) is 5.87. The summed E-state index contributed by atoms with van der Waals surface area (Å²) in [5.41, 5.74) is 1.01. The fraction of sp³-hybridized carbons (Fsp3) is 0.182. The minimum Gasteiger partial charge on any atom is -0.508 e. The Morgan fingerprint density at radius 3 is 2.29 bits per heavy atom. The first kappa shape index (κ1) is 12.2. The number of hydrogen-bond donors (Lipinski definition) is 2. The molecule has 0 bridgehead atoms. The molecule has 1 aromatic rings. The Labute approximate surface area is 83.3 Å². The van der Waals surface area contributed by atoms with Gasteiger partial charge in [-0.25, -0.2) is 4.79 Å². The van der Waals surface area contributed by atoms with Gasteiger partial charge in [-0.05, 0) is 18.1 Å². The third-order valence-electron chi connectivity index (χ3n) is 1.55. The van der Waals surface area contributed by atoms with E-state index in [4.69, 9.17) is 10.2 Å². The van der Waals surface area contributed by atoms with Crippen molar-refractivity contribution >= 4 is 5.97 Å². The zero-order valence-electron chi connectivity index (χ0n) is 8.10. The topological polar surface area (TPSA) is 57.5 Å². The maximum atomic E-state index is 9.25. The van der Waals surface area contributed by atoms with Crippen LogP contribution in [-0.4, -0.2) is 16.2 Å². The second-order valence-electron chi connectivity index (χ2n) is 2.52. The van der Waals surface area contributed by atoms with Crippen LogP contribution in [0, 0.1) is 0 Å². The lowest BCUT2D eigenvalue weighted by Crippen LogP contribution is -1.82. The molecule has 0 aliphatic carbocycles. The summed E-state index contributed by atoms with van der Waals surface area (Å²) in [7, 11) is 0. The van der Waals surface area contributed by atoms with Gasteiger partial charge >= 0.3 is 5.97 Å². The third-order valence-corrected chi connectivity index (χ3v) is 1.55. The normalized spacial score (nSPS) is 8.36. The Morgan fingerprint density at radius 1 is 1.50 bits per heavy atom. The van der Waals surface area contributed by atoms with Gasteiger partial charge in [0.05, 0.1) is 0 Å². The molecule has 76 valence electrons. The Hall–Kier alpha value is -1.77. The molecule has 0 saturated heterocycles. The van der Waals surface area contributed by atoms with Crippen LogP contribution < -0.4 is 0 Å². The van der Waals surface area contributed by atoms with Gasteiger partial charge in [-0.1, -0.05) is 31.7 Å². The van der Waals surface area contributed by atoms with Gasteiger partial charge in [0.15, 0.2) is 0 Å². The van der Waals surface area contributed by atoms with E-state index in [1.807, 2.05) is 25.1 Å². The van der Waals surface area contributed by atoms with Crippen molar-refractivity contribution in [3.63, 3.8) is 0 Å². The van der Waals surface area contributed by atoms with Gasteiger partial charge < -0.3 is 10.2 Å². The van der Waals surface area contributed by atoms with Crippen molar-refractivity contribution in [2.45, 2.75) is 13.3 Å². The van der Waals surface area contributed by atoms with Crippen molar-refractivity contribution in [3.8, 4) is 5.75 Å². The quantitative estimate of drug-likeness (QED) is 0.709. The predicted octanol–water partition coefficient (Wildman–Crippen LogP) is 2.21. The molecule has 0 aliphatic rings. The number of carboxylic acids is 1. The lowest BCUT2D eigenvalue weighted by molar-refractivity contribution is -0.131. The maximum absolute atomic E-state index is 9.25. The molecule has 0 radical (unpaired) electrons. The first-order valence-corrected chi connectivity index (χ1v) is 4.24. The first-order chi connectivity index (χ1) is 6.61. The van der Waals surface area contributed by atoms with E-state index in [-0.39, 0.29) is 0 Å². The smallest absolute Gasteiger partial charge is 0.327 e. The molecule has 0 fully saturated rings. The summed E-state index contributed by atoms with van der Waals surface area (Å²) in [6.07, 6.45) is 1.73. The average molecular weight is 194 g/mol. The van der Waals surface area contributed by atoms with Crippen LogP contribution in [0.25, 0.3) is 0 Å². The molecule has 0 heterocycles. The molecular weight excluding hydrogens is 180 g/mol. The van der Waals surface area contributed by atoms with Crippen LogP contribution in [0.4, 0.5) is 0 Å². The summed E-state index contributed by atoms with van der Waals surface area (Å²) in [4.78, 5) is 9.25. The van der Waals surface area contributed by atoms with Crippen molar-refractivity contribution in [2.75, 3.05) is 0 Å². The maximum Gasteiger partial charge on any atom is 0.327 e. The van der Waals surface area contributed by atoms with Crippen LogP contribution in [0.3, 0.4) is 0 Å². The molecule has 0 aromatic heterocycles. The largest absolute Gasteiger partial charge is 0.508 e. The van der Waals surface area contributed by atoms with Crippen molar-refractivity contribution < 1.29 is 15.0 Å². The molecule has 0 amide bonds. The van der Waals surface area contributed by atoms with E-state index >= 15 is 0 Å². The van der Waals surface area contributed by atoms with E-state index in [2.05, 4.69) is 6.58 Å². The lowest BCUT2D eigenvalue weighted by Gasteiger charge is -1.97. The van der Waals surface area contributed by atoms with Gasteiger partial charge in [0.2, 0.25) is 0 Å². The first-order valence-electron chi connectivity index (χ1n) is 4.24. The van der Waals surface area contributed by atoms with Gasteiger partial charge in [0, 0.05) is 6.08 Å². The molecular formula is C11H14O3. The fourth-order valence-electron chi connectivity index (χ4n) is 0.810. The number of rotatable bonds is 2. The van der Waals surface area contributed by atoms with Gasteiger partial charge in [-0.3, -0.25) is 0 Å². The van der Waals surface area contributed by atoms with Crippen LogP contribution in [0.15, 0.2) is 36.9 Å². The standard InChI is InChI=1S/C8H10O.C3H4O2/c1-2-7-5-3-4-6-8(7)9;1-2-3(4)5/h3-6,9H,2H2,1H3;2H,1H2,(H,4,5). The molecule has 2 N–H and O–H groups in total. The summed E-state index contributed by atoms with van der Waals surface area (Å²) in [5, 5.41) is 16.7. The summed E-state index contributed by atoms with van der Waals surface area (Å²) in [5.74, 6) is -0.579. The number of aryl methyl sites for hydroxylation is 1. The second-order valence-corrected chi connectivity index (χ2v) is 2.52. The molecule has 0 atom stereocenters. The Balaban J connectivity index is 0.000000292. The zero-order chi connectivity index (χ0) is 11.0. The summed E-state index contributed by atoms with van der Waals surface area (Å²) < 4.78 is 0. The number of carbonyl (C=O) groups is 1. The fourth-order valence-corrected chi connectivity index (χ4v) is 0.810. The van der Waals surface area contributed by atoms with E-state index < -0.39 is 5.97 Å². The van der Waals surface area contributed by atoms with Gasteiger partial charge in [-0.15, -0.1) is 0 Å². The molecule has 1 aromatic carbocycles. The second kappa shape index (κ2) is 6.71. The number of benzene rings is 1. The Morgan fingerprint density at radius 2 is 2.00 bits per heavy atom. The van der Waals surface area contributed by atoms with Crippen LogP contribution in [-0.2, 0) is 11.2 Å². The third kappa shape index (κ3) is 4.98. The number of carboxylic acid groups (broad SMARTS) is 1. The number of phenolic OH excluding ortho intramolecular Hbond substituents is 1. The Bertz CT molecular complexity index is 305. The highest BCUT2D eigenvalue weighted by Gasteiger charge is 1.92. The van der Waals surface area contributed by atoms with Crippen LogP contribution in [0.2, 0.25) is 0 Å². The highest BCUT2D eigenvalue weighted by atomic mass is 16.4. The van der Waals surface area contributed by atoms with Crippen LogP contribution in [0.1, 0.15) is 12.5 Å². The van der Waals surface area contributed by atoms with E-state index in [1.165, 1.54) is 0 Å². The number of para-hydroxylation sites is 1. The average Bonchev–Trinajstić information content (AvgIpc) is 2.19. The molecule has 3 nitrogen and oxygen atoms in total. The molecule has 0 aliphatic heterocycles. The predicted molar refractivity (Wildman–Crippen MR) is 55.3 cm³/mol. The summed E-state index contributed by atoms with van der Waals surface area (Å²) in [6.45, 7) is 4.98. The number of aromatic hydroxyl groups is 1. The number of aliphatic carboxylic acids is 1. The van der Waals surface area contributed by atoms with E-state index in [0.29, 0.717) is 5.75 Å². The van der Waals surface area contributed by atoms with Gasteiger partial charge in [-0.2, -0.15) is 0 Å². The highest BCUT2D eigenvalue weighted by molar-refractivity contribution is 5.78. The highest BCUT2D eigenvalue weighted by Crippen LogP contribution is 2.14. The number of hydrogen-bond acceptors (Lipinski definition) is 2. The molecule has 0 saturated carbocycles. The van der Waals surface area contributed by atoms with Crippen molar-refractivity contribution in [3.05, 3.63) is 42.5 Å². The minimum absolute atomic E-state index is 0.403. The van der Waals surface area contributed by atoms with Crippen molar-refractivity contribution in [2.24, 2.45) is 0 Å². The molecule has 0 unspecified atom stereocenters. The number of phenols is 1. The minimum atomic E-state index is -0.981. The van der Waals surface area contributed by atoms with Gasteiger partial charge in [0.1, 0.15) is 5.75 Å². The monoisotopic (exact) mass is 194 g/mol. The van der Waals surface area contributed by atoms with Crippen molar-refractivity contribution in [1.29, 1.82) is 0 Å². The van der Waals surface area contributed by atoms with E-state index in [1.54, 1.807) is 6.07 Å². The van der Waals surface area contributed by atoms with Crippen molar-refractivity contribution in [1.82, 2.24) is 0 Å². The summed E-state index contributed by atoms with van der Waals surface area (Å²) >= 11 is 0. The SMILES string of the molecule is C=CC(=O)O.CCc1ccccc1O. The zero-order valence-corrected chi connectivity index (χ0v) is 8.10. The summed E-state index contributed by atoms with van der Waals surface area (Å²) in [6, 6.07) is 7.39. The molecule has 14 heavy (non-hydrogen) atoms. The molecule has 1 rings (SSSR count). The van der Waals surface area contributed by atoms with E-state index in [9.17, 15) is 4.79 Å². The lowest BCUT2D eigenvalue weighted by atomic mass is 10.1. The molecule has 3 heteroatoms. The van der Waals surface area contributed by atoms with Crippen LogP contribution >= 0.6 is 0 Å².